The van der Waals surface area contributed by atoms with Gasteiger partial charge in [0.15, 0.2) is 0 Å². The highest BCUT2D eigenvalue weighted by molar-refractivity contribution is 4.83. The van der Waals surface area contributed by atoms with Gasteiger partial charge in [-0.2, -0.15) is 0 Å². The molecule has 1 rings (SSSR count). The Labute approximate surface area is 75.8 Å². The van der Waals surface area contributed by atoms with E-state index in [1.54, 1.807) is 0 Å². The molecule has 4 atom stereocenters. The van der Waals surface area contributed by atoms with E-state index in [4.69, 9.17) is 4.74 Å². The summed E-state index contributed by atoms with van der Waals surface area (Å²) in [5.74, 6) is 1.40. The SMILES string of the molecule is C=CCC1O[C@H](C)[C@H](C)C[C@@H]1C. The highest BCUT2D eigenvalue weighted by Crippen LogP contribution is 2.30. The van der Waals surface area contributed by atoms with Crippen LogP contribution in [-0.2, 0) is 4.74 Å². The van der Waals surface area contributed by atoms with Gasteiger partial charge in [0.2, 0.25) is 0 Å². The largest absolute Gasteiger partial charge is 0.374 e. The third-order valence-corrected chi connectivity index (χ3v) is 2.97. The highest BCUT2D eigenvalue weighted by Gasteiger charge is 2.29. The summed E-state index contributed by atoms with van der Waals surface area (Å²) >= 11 is 0. The van der Waals surface area contributed by atoms with Gasteiger partial charge in [-0.3, -0.25) is 0 Å². The molecule has 1 fully saturated rings. The molecule has 70 valence electrons. The zero-order chi connectivity index (χ0) is 9.14. The first-order valence-electron chi connectivity index (χ1n) is 4.91. The molecule has 1 heterocycles. The normalized spacial score (nSPS) is 42.6. The molecule has 0 spiro atoms. The molecule has 0 saturated carbocycles. The first-order valence-corrected chi connectivity index (χ1v) is 4.91. The van der Waals surface area contributed by atoms with E-state index in [1.807, 2.05) is 6.08 Å². The summed E-state index contributed by atoms with van der Waals surface area (Å²) in [5, 5.41) is 0. The van der Waals surface area contributed by atoms with Crippen LogP contribution in [0.4, 0.5) is 0 Å². The van der Waals surface area contributed by atoms with Crippen LogP contribution in [0.3, 0.4) is 0 Å². The van der Waals surface area contributed by atoms with Crippen molar-refractivity contribution >= 4 is 0 Å². The lowest BCUT2D eigenvalue weighted by atomic mass is 9.85. The first kappa shape index (κ1) is 9.79. The van der Waals surface area contributed by atoms with Gasteiger partial charge in [-0.1, -0.05) is 19.9 Å². The van der Waals surface area contributed by atoms with Crippen LogP contribution < -0.4 is 0 Å². The van der Waals surface area contributed by atoms with Crippen LogP contribution in [0, 0.1) is 11.8 Å². The summed E-state index contributed by atoms with van der Waals surface area (Å²) in [6, 6.07) is 0. The molecule has 1 saturated heterocycles. The Kier molecular flexibility index (Phi) is 3.33. The van der Waals surface area contributed by atoms with Gasteiger partial charge in [-0.15, -0.1) is 6.58 Å². The van der Waals surface area contributed by atoms with E-state index >= 15 is 0 Å². The molecule has 1 unspecified atom stereocenters. The lowest BCUT2D eigenvalue weighted by Gasteiger charge is -2.37. The number of rotatable bonds is 2. The van der Waals surface area contributed by atoms with Crippen LogP contribution in [0.15, 0.2) is 12.7 Å². The Bertz CT molecular complexity index is 153. The van der Waals surface area contributed by atoms with Crippen molar-refractivity contribution < 1.29 is 4.74 Å². The van der Waals surface area contributed by atoms with Crippen LogP contribution in [0.1, 0.15) is 33.6 Å². The van der Waals surface area contributed by atoms with Crippen molar-refractivity contribution in [2.45, 2.75) is 45.8 Å². The minimum Gasteiger partial charge on any atom is -0.374 e. The van der Waals surface area contributed by atoms with E-state index < -0.39 is 0 Å². The fourth-order valence-corrected chi connectivity index (χ4v) is 1.93. The Morgan fingerprint density at radius 3 is 2.58 bits per heavy atom. The van der Waals surface area contributed by atoms with Gasteiger partial charge in [-0.25, -0.2) is 0 Å². The van der Waals surface area contributed by atoms with Gasteiger partial charge in [-0.05, 0) is 31.6 Å². The molecule has 0 aromatic heterocycles. The predicted octanol–water partition coefficient (Wildman–Crippen LogP) is 3.01. The summed E-state index contributed by atoms with van der Waals surface area (Å²) in [6.07, 6.45) is 5.08. The Hall–Kier alpha value is -0.300. The maximum absolute atomic E-state index is 5.88. The van der Waals surface area contributed by atoms with Gasteiger partial charge < -0.3 is 4.74 Å². The van der Waals surface area contributed by atoms with E-state index in [0.29, 0.717) is 24.0 Å². The Morgan fingerprint density at radius 2 is 2.00 bits per heavy atom. The molecule has 0 bridgehead atoms. The maximum Gasteiger partial charge on any atom is 0.0638 e. The smallest absolute Gasteiger partial charge is 0.0638 e. The molecular formula is C11H20O. The van der Waals surface area contributed by atoms with E-state index in [9.17, 15) is 0 Å². The van der Waals surface area contributed by atoms with E-state index in [1.165, 1.54) is 6.42 Å². The molecule has 0 radical (unpaired) electrons. The van der Waals surface area contributed by atoms with Crippen molar-refractivity contribution in [3.63, 3.8) is 0 Å². The standard InChI is InChI=1S/C11H20O/c1-5-6-11-9(3)7-8(2)10(4)12-11/h5,8-11H,1,6-7H2,2-4H3/t8-,9+,10-,11?/m1/s1. The van der Waals surface area contributed by atoms with Crippen molar-refractivity contribution in [2.24, 2.45) is 11.8 Å². The Balaban J connectivity index is 2.49. The third-order valence-electron chi connectivity index (χ3n) is 2.97. The molecule has 0 aliphatic carbocycles. The molecule has 12 heavy (non-hydrogen) atoms. The van der Waals surface area contributed by atoms with Crippen molar-refractivity contribution in [1.29, 1.82) is 0 Å². The summed E-state index contributed by atoms with van der Waals surface area (Å²) in [7, 11) is 0. The van der Waals surface area contributed by atoms with Crippen molar-refractivity contribution in [2.75, 3.05) is 0 Å². The lowest BCUT2D eigenvalue weighted by Crippen LogP contribution is -2.37. The Morgan fingerprint density at radius 1 is 1.33 bits per heavy atom. The zero-order valence-electron chi connectivity index (χ0n) is 8.42. The van der Waals surface area contributed by atoms with Crippen LogP contribution >= 0.6 is 0 Å². The summed E-state index contributed by atoms with van der Waals surface area (Å²) in [6.45, 7) is 10.5. The first-order chi connectivity index (χ1) is 5.65. The predicted molar refractivity (Wildman–Crippen MR) is 52.1 cm³/mol. The monoisotopic (exact) mass is 168 g/mol. The molecule has 1 aliphatic heterocycles. The van der Waals surface area contributed by atoms with Crippen LogP contribution in [0.25, 0.3) is 0 Å². The average Bonchev–Trinajstić information content (AvgIpc) is 2.01. The van der Waals surface area contributed by atoms with E-state index in [0.717, 1.165) is 6.42 Å². The second kappa shape index (κ2) is 4.08. The van der Waals surface area contributed by atoms with Crippen molar-refractivity contribution in [3.05, 3.63) is 12.7 Å². The minimum absolute atomic E-state index is 0.411. The number of ether oxygens (including phenoxy) is 1. The summed E-state index contributed by atoms with van der Waals surface area (Å²) in [5.41, 5.74) is 0. The molecular weight excluding hydrogens is 148 g/mol. The van der Waals surface area contributed by atoms with Gasteiger partial charge in [0.25, 0.3) is 0 Å². The van der Waals surface area contributed by atoms with Crippen LogP contribution in [0.5, 0.6) is 0 Å². The topological polar surface area (TPSA) is 9.23 Å². The van der Waals surface area contributed by atoms with Crippen LogP contribution in [-0.4, -0.2) is 12.2 Å². The van der Waals surface area contributed by atoms with E-state index in [-0.39, 0.29) is 0 Å². The molecule has 0 N–H and O–H groups in total. The molecule has 1 nitrogen and oxygen atoms in total. The molecule has 0 aromatic carbocycles. The van der Waals surface area contributed by atoms with Gasteiger partial charge >= 0.3 is 0 Å². The second-order valence-electron chi connectivity index (χ2n) is 4.09. The number of hydrogen-bond donors (Lipinski definition) is 0. The zero-order valence-corrected chi connectivity index (χ0v) is 8.42. The quantitative estimate of drug-likeness (QED) is 0.576. The van der Waals surface area contributed by atoms with Gasteiger partial charge in [0, 0.05) is 0 Å². The lowest BCUT2D eigenvalue weighted by molar-refractivity contribution is -0.0957. The molecule has 0 amide bonds. The fraction of sp³-hybridized carbons (Fsp3) is 0.818. The number of hydrogen-bond acceptors (Lipinski definition) is 1. The third kappa shape index (κ3) is 2.10. The van der Waals surface area contributed by atoms with Crippen molar-refractivity contribution in [1.82, 2.24) is 0 Å². The van der Waals surface area contributed by atoms with Gasteiger partial charge in [0.05, 0.1) is 12.2 Å². The van der Waals surface area contributed by atoms with E-state index in [2.05, 4.69) is 27.4 Å². The molecule has 1 aliphatic rings. The highest BCUT2D eigenvalue weighted by atomic mass is 16.5. The maximum atomic E-state index is 5.88. The average molecular weight is 168 g/mol. The summed E-state index contributed by atoms with van der Waals surface area (Å²) < 4.78 is 5.88. The van der Waals surface area contributed by atoms with Crippen molar-refractivity contribution in [3.8, 4) is 0 Å². The fourth-order valence-electron chi connectivity index (χ4n) is 1.93. The minimum atomic E-state index is 0.411. The second-order valence-corrected chi connectivity index (χ2v) is 4.09. The summed E-state index contributed by atoms with van der Waals surface area (Å²) in [4.78, 5) is 0. The van der Waals surface area contributed by atoms with Crippen LogP contribution in [0.2, 0.25) is 0 Å². The molecule has 0 aromatic rings. The van der Waals surface area contributed by atoms with Gasteiger partial charge in [0.1, 0.15) is 0 Å². The molecule has 1 heteroatoms.